The fraction of sp³-hybridized carbons (Fsp3) is 0.533. The van der Waals surface area contributed by atoms with Crippen molar-refractivity contribution in [1.82, 2.24) is 10.6 Å². The van der Waals surface area contributed by atoms with Crippen molar-refractivity contribution in [2.24, 2.45) is 4.99 Å². The molecule has 0 saturated heterocycles. The van der Waals surface area contributed by atoms with Crippen LogP contribution >= 0.6 is 24.0 Å². The van der Waals surface area contributed by atoms with Gasteiger partial charge in [0.15, 0.2) is 27.3 Å². The molecule has 0 radical (unpaired) electrons. The first kappa shape index (κ1) is 20.8. The van der Waals surface area contributed by atoms with Gasteiger partial charge in [-0.1, -0.05) is 13.0 Å². The highest BCUT2D eigenvalue weighted by Gasteiger charge is 2.13. The highest BCUT2D eigenvalue weighted by Crippen LogP contribution is 2.32. The number of ether oxygens (including phenoxy) is 2. The summed E-state index contributed by atoms with van der Waals surface area (Å²) in [7, 11) is -1.31. The molecule has 0 saturated carbocycles. The summed E-state index contributed by atoms with van der Waals surface area (Å²) in [5.74, 6) is 2.40. The Balaban J connectivity index is 0.00000288. The number of halogens is 1. The lowest BCUT2D eigenvalue weighted by molar-refractivity contribution is 0.174. The number of aliphatic imine (C=N–C) groups is 1. The quantitative estimate of drug-likeness (QED) is 0.354. The number of guanidine groups is 1. The number of rotatable bonds is 7. The molecule has 0 amide bonds. The normalized spacial score (nSPS) is 13.3. The molecule has 0 fully saturated rings. The van der Waals surface area contributed by atoms with Crippen LogP contribution in [-0.2, 0) is 16.3 Å². The Morgan fingerprint density at radius 2 is 1.92 bits per heavy atom. The van der Waals surface area contributed by atoms with Gasteiger partial charge in [0.1, 0.15) is 0 Å². The number of sulfone groups is 1. The van der Waals surface area contributed by atoms with E-state index in [1.165, 1.54) is 0 Å². The van der Waals surface area contributed by atoms with E-state index in [9.17, 15) is 8.42 Å². The van der Waals surface area contributed by atoms with Crippen molar-refractivity contribution in [3.05, 3.63) is 23.8 Å². The van der Waals surface area contributed by atoms with Gasteiger partial charge in [-0.15, -0.1) is 24.0 Å². The van der Waals surface area contributed by atoms with Crippen LogP contribution in [0.4, 0.5) is 0 Å². The van der Waals surface area contributed by atoms with Crippen molar-refractivity contribution in [3.63, 3.8) is 0 Å². The van der Waals surface area contributed by atoms with Gasteiger partial charge in [-0.05, 0) is 24.1 Å². The molecule has 2 rings (SSSR count). The van der Waals surface area contributed by atoms with Crippen molar-refractivity contribution < 1.29 is 17.9 Å². The number of hydrogen-bond donors (Lipinski definition) is 2. The molecule has 136 valence electrons. The zero-order valence-corrected chi connectivity index (χ0v) is 17.0. The van der Waals surface area contributed by atoms with Crippen LogP contribution in [0.1, 0.15) is 12.5 Å². The Bertz CT molecular complexity index is 665. The molecule has 0 atom stereocenters. The molecular weight excluding hydrogens is 445 g/mol. The summed E-state index contributed by atoms with van der Waals surface area (Å²) in [5.41, 5.74) is 1.13. The third-order valence-electron chi connectivity index (χ3n) is 3.51. The SMILES string of the molecule is CCS(=O)(=O)CCNC(=NC)NCCc1ccc2c(c1)OCO2.I. The van der Waals surface area contributed by atoms with E-state index in [-0.39, 0.29) is 42.3 Å². The molecule has 1 aromatic carbocycles. The monoisotopic (exact) mass is 469 g/mol. The zero-order chi connectivity index (χ0) is 16.7. The van der Waals surface area contributed by atoms with Crippen molar-refractivity contribution in [2.45, 2.75) is 13.3 Å². The molecule has 0 aromatic heterocycles. The van der Waals surface area contributed by atoms with Crippen LogP contribution in [0.3, 0.4) is 0 Å². The maximum absolute atomic E-state index is 11.4. The van der Waals surface area contributed by atoms with Gasteiger partial charge < -0.3 is 20.1 Å². The smallest absolute Gasteiger partial charge is 0.231 e. The first-order valence-corrected chi connectivity index (χ1v) is 9.39. The van der Waals surface area contributed by atoms with Crippen molar-refractivity contribution in [1.29, 1.82) is 0 Å². The molecule has 1 heterocycles. The molecule has 2 N–H and O–H groups in total. The lowest BCUT2D eigenvalue weighted by atomic mass is 10.1. The summed E-state index contributed by atoms with van der Waals surface area (Å²) >= 11 is 0. The maximum atomic E-state index is 11.4. The zero-order valence-electron chi connectivity index (χ0n) is 13.9. The Morgan fingerprint density at radius 3 is 2.62 bits per heavy atom. The van der Waals surface area contributed by atoms with E-state index in [0.29, 0.717) is 19.0 Å². The minimum Gasteiger partial charge on any atom is -0.454 e. The highest BCUT2D eigenvalue weighted by atomic mass is 127. The third kappa shape index (κ3) is 6.34. The van der Waals surface area contributed by atoms with Gasteiger partial charge in [-0.3, -0.25) is 4.99 Å². The van der Waals surface area contributed by atoms with Crippen LogP contribution in [0.2, 0.25) is 0 Å². The second kappa shape index (κ2) is 9.92. The summed E-state index contributed by atoms with van der Waals surface area (Å²) in [5, 5.41) is 6.16. The van der Waals surface area contributed by atoms with Gasteiger partial charge in [-0.25, -0.2) is 8.42 Å². The van der Waals surface area contributed by atoms with Gasteiger partial charge in [0.25, 0.3) is 0 Å². The average Bonchev–Trinajstić information content (AvgIpc) is 3.01. The maximum Gasteiger partial charge on any atom is 0.231 e. The third-order valence-corrected chi connectivity index (χ3v) is 5.22. The van der Waals surface area contributed by atoms with E-state index < -0.39 is 9.84 Å². The summed E-state index contributed by atoms with van der Waals surface area (Å²) in [6.45, 7) is 2.95. The van der Waals surface area contributed by atoms with Crippen LogP contribution in [0.5, 0.6) is 11.5 Å². The fourth-order valence-corrected chi connectivity index (χ4v) is 2.81. The van der Waals surface area contributed by atoms with Crippen LogP contribution in [0, 0.1) is 0 Å². The molecule has 1 aliphatic heterocycles. The summed E-state index contributed by atoms with van der Waals surface area (Å²) in [4.78, 5) is 4.08. The molecule has 0 aliphatic carbocycles. The molecule has 0 unspecified atom stereocenters. The molecule has 0 bridgehead atoms. The second-order valence-electron chi connectivity index (χ2n) is 5.10. The van der Waals surface area contributed by atoms with E-state index in [1.807, 2.05) is 18.2 Å². The van der Waals surface area contributed by atoms with Crippen molar-refractivity contribution in [3.8, 4) is 11.5 Å². The minimum absolute atomic E-state index is 0. The van der Waals surface area contributed by atoms with Crippen molar-refractivity contribution in [2.75, 3.05) is 38.4 Å². The van der Waals surface area contributed by atoms with Crippen molar-refractivity contribution >= 4 is 39.8 Å². The summed E-state index contributed by atoms with van der Waals surface area (Å²) in [6, 6.07) is 5.87. The highest BCUT2D eigenvalue weighted by molar-refractivity contribution is 14.0. The van der Waals surface area contributed by atoms with Gasteiger partial charge in [0.2, 0.25) is 6.79 Å². The Kier molecular flexibility index (Phi) is 8.60. The summed E-state index contributed by atoms with van der Waals surface area (Å²) < 4.78 is 33.5. The van der Waals surface area contributed by atoms with Gasteiger partial charge >= 0.3 is 0 Å². The van der Waals surface area contributed by atoms with E-state index in [4.69, 9.17) is 9.47 Å². The molecule has 1 aromatic rings. The minimum atomic E-state index is -2.96. The first-order chi connectivity index (χ1) is 11.0. The molecule has 7 nitrogen and oxygen atoms in total. The van der Waals surface area contributed by atoms with Crippen LogP contribution in [-0.4, -0.2) is 52.8 Å². The molecule has 9 heteroatoms. The number of benzene rings is 1. The predicted molar refractivity (Wildman–Crippen MR) is 105 cm³/mol. The van der Waals surface area contributed by atoms with Gasteiger partial charge in [0, 0.05) is 25.9 Å². The lowest BCUT2D eigenvalue weighted by Gasteiger charge is -2.12. The molecular formula is C15H24IN3O4S. The standard InChI is InChI=1S/C15H23N3O4S.HI/c1-3-23(19,20)9-8-18-15(16-2)17-7-6-12-4-5-13-14(10-12)22-11-21-13;/h4-5,10H,3,6-9,11H2,1-2H3,(H2,16,17,18);1H. The summed E-state index contributed by atoms with van der Waals surface area (Å²) in [6.07, 6.45) is 0.796. The van der Waals surface area contributed by atoms with E-state index in [0.717, 1.165) is 23.5 Å². The molecule has 24 heavy (non-hydrogen) atoms. The number of hydrogen-bond acceptors (Lipinski definition) is 5. The topological polar surface area (TPSA) is 89.0 Å². The Labute approximate surface area is 160 Å². The number of fused-ring (bicyclic) bond motifs is 1. The predicted octanol–water partition coefficient (Wildman–Crippen LogP) is 1.18. The first-order valence-electron chi connectivity index (χ1n) is 7.57. The average molecular weight is 469 g/mol. The molecule has 1 aliphatic rings. The van der Waals surface area contributed by atoms with Crippen LogP contribution in [0.15, 0.2) is 23.2 Å². The fourth-order valence-electron chi connectivity index (χ4n) is 2.11. The van der Waals surface area contributed by atoms with E-state index >= 15 is 0 Å². The number of nitrogens with one attached hydrogen (secondary N) is 2. The van der Waals surface area contributed by atoms with Crippen LogP contribution in [0.25, 0.3) is 0 Å². The lowest BCUT2D eigenvalue weighted by Crippen LogP contribution is -2.40. The van der Waals surface area contributed by atoms with Gasteiger partial charge in [0.05, 0.1) is 5.75 Å². The van der Waals surface area contributed by atoms with E-state index in [2.05, 4.69) is 15.6 Å². The Morgan fingerprint density at radius 1 is 1.21 bits per heavy atom. The van der Waals surface area contributed by atoms with E-state index in [1.54, 1.807) is 14.0 Å². The molecule has 0 spiro atoms. The van der Waals surface area contributed by atoms with Gasteiger partial charge in [-0.2, -0.15) is 0 Å². The largest absolute Gasteiger partial charge is 0.454 e. The van der Waals surface area contributed by atoms with Crippen LogP contribution < -0.4 is 20.1 Å². The number of nitrogens with zero attached hydrogens (tertiary/aromatic N) is 1. The second-order valence-corrected chi connectivity index (χ2v) is 7.57. The Hall–Kier alpha value is -1.23.